The summed E-state index contributed by atoms with van der Waals surface area (Å²) >= 11 is 0. The van der Waals surface area contributed by atoms with E-state index in [9.17, 15) is 4.79 Å². The van der Waals surface area contributed by atoms with Gasteiger partial charge in [-0.3, -0.25) is 0 Å². The first-order valence-corrected chi connectivity index (χ1v) is 3.94. The molecule has 0 aromatic heterocycles. The van der Waals surface area contributed by atoms with E-state index in [-0.39, 0.29) is 17.7 Å². The Morgan fingerprint density at radius 3 is 2.50 bits per heavy atom. The molecule has 1 atom stereocenters. The maximum absolute atomic E-state index is 10.9. The highest BCUT2D eigenvalue weighted by molar-refractivity contribution is 5.86. The minimum Gasteiger partial charge on any atom is -0.459 e. The van der Waals surface area contributed by atoms with Gasteiger partial charge in [0.2, 0.25) is 0 Å². The van der Waals surface area contributed by atoms with E-state index in [1.54, 1.807) is 6.92 Å². The van der Waals surface area contributed by atoms with Crippen LogP contribution in [0.15, 0.2) is 12.2 Å². The maximum atomic E-state index is 10.9. The van der Waals surface area contributed by atoms with Crippen LogP contribution in [0.1, 0.15) is 20.8 Å². The van der Waals surface area contributed by atoms with Crippen molar-refractivity contribution >= 4 is 5.97 Å². The van der Waals surface area contributed by atoms with Crippen molar-refractivity contribution in [3.05, 3.63) is 12.2 Å². The van der Waals surface area contributed by atoms with Crippen LogP contribution in [0.2, 0.25) is 0 Å². The minimum atomic E-state index is -0.346. The molecule has 0 spiro atoms. The third-order valence-electron chi connectivity index (χ3n) is 1.88. The summed E-state index contributed by atoms with van der Waals surface area (Å²) < 4.78 is 10.1. The Morgan fingerprint density at radius 2 is 2.17 bits per heavy atom. The predicted molar refractivity (Wildman–Crippen MR) is 44.7 cm³/mol. The molecule has 1 aliphatic rings. The van der Waals surface area contributed by atoms with Gasteiger partial charge >= 0.3 is 5.97 Å². The van der Waals surface area contributed by atoms with E-state index in [0.29, 0.717) is 12.2 Å². The number of carbonyl (C=O) groups is 1. The molecular weight excluding hydrogens is 156 g/mol. The number of carbonyl (C=O) groups excluding carboxylic acids is 1. The summed E-state index contributed by atoms with van der Waals surface area (Å²) in [5.41, 5.74) is 0.309. The molecule has 1 aliphatic heterocycles. The van der Waals surface area contributed by atoms with Crippen LogP contribution in [-0.2, 0) is 14.3 Å². The fourth-order valence-electron chi connectivity index (χ4n) is 0.842. The SMILES string of the molecule is C=C(C)C(=O)OC[C@H]1OC1(C)C. The zero-order valence-electron chi connectivity index (χ0n) is 7.72. The quantitative estimate of drug-likeness (QED) is 0.364. The first-order chi connectivity index (χ1) is 5.43. The van der Waals surface area contributed by atoms with Crippen LogP contribution in [0, 0.1) is 0 Å². The van der Waals surface area contributed by atoms with Crippen molar-refractivity contribution in [2.75, 3.05) is 6.61 Å². The van der Waals surface area contributed by atoms with Crippen LogP contribution in [0.3, 0.4) is 0 Å². The summed E-state index contributed by atoms with van der Waals surface area (Å²) in [6, 6.07) is 0. The van der Waals surface area contributed by atoms with E-state index < -0.39 is 0 Å². The standard InChI is InChI=1S/C9H14O3/c1-6(2)8(10)11-5-7-9(3,4)12-7/h7H,1,5H2,2-4H3/t7-/m1/s1. The van der Waals surface area contributed by atoms with E-state index in [1.165, 1.54) is 0 Å². The Morgan fingerprint density at radius 1 is 1.67 bits per heavy atom. The monoisotopic (exact) mass is 170 g/mol. The minimum absolute atomic E-state index is 0.0563. The van der Waals surface area contributed by atoms with Crippen molar-refractivity contribution in [1.29, 1.82) is 0 Å². The van der Waals surface area contributed by atoms with Gasteiger partial charge in [-0.25, -0.2) is 4.79 Å². The molecule has 0 amide bonds. The summed E-state index contributed by atoms with van der Waals surface area (Å²) in [6.07, 6.45) is 0.0563. The molecule has 0 aromatic rings. The molecule has 3 heteroatoms. The number of hydrogen-bond donors (Lipinski definition) is 0. The molecule has 12 heavy (non-hydrogen) atoms. The van der Waals surface area contributed by atoms with Gasteiger partial charge in [-0.15, -0.1) is 0 Å². The largest absolute Gasteiger partial charge is 0.459 e. The lowest BCUT2D eigenvalue weighted by molar-refractivity contribution is -0.139. The highest BCUT2D eigenvalue weighted by atomic mass is 16.6. The third-order valence-corrected chi connectivity index (χ3v) is 1.88. The summed E-state index contributed by atoms with van der Waals surface area (Å²) in [6.45, 7) is 9.36. The third kappa shape index (κ3) is 2.08. The first-order valence-electron chi connectivity index (χ1n) is 3.94. The van der Waals surface area contributed by atoms with Crippen LogP contribution >= 0.6 is 0 Å². The number of hydrogen-bond acceptors (Lipinski definition) is 3. The van der Waals surface area contributed by atoms with Gasteiger partial charge in [0.15, 0.2) is 0 Å². The number of epoxide rings is 1. The van der Waals surface area contributed by atoms with E-state index in [0.717, 1.165) is 0 Å². The van der Waals surface area contributed by atoms with Crippen LogP contribution in [0.5, 0.6) is 0 Å². The fraction of sp³-hybridized carbons (Fsp3) is 0.667. The normalized spacial score (nSPS) is 24.8. The molecule has 0 saturated carbocycles. The average Bonchev–Trinajstić information content (AvgIpc) is 2.54. The summed E-state index contributed by atoms with van der Waals surface area (Å²) in [4.78, 5) is 10.9. The second-order valence-electron chi connectivity index (χ2n) is 3.59. The van der Waals surface area contributed by atoms with Gasteiger partial charge in [-0.2, -0.15) is 0 Å². The van der Waals surface area contributed by atoms with Crippen LogP contribution in [0.4, 0.5) is 0 Å². The summed E-state index contributed by atoms with van der Waals surface area (Å²) in [5.74, 6) is -0.346. The summed E-state index contributed by atoms with van der Waals surface area (Å²) in [7, 11) is 0. The molecule has 1 fully saturated rings. The maximum Gasteiger partial charge on any atom is 0.333 e. The molecule has 0 aliphatic carbocycles. The topological polar surface area (TPSA) is 38.8 Å². The Hall–Kier alpha value is -0.830. The van der Waals surface area contributed by atoms with Gasteiger partial charge < -0.3 is 9.47 Å². The lowest BCUT2D eigenvalue weighted by atomic mass is 10.1. The smallest absolute Gasteiger partial charge is 0.333 e. The number of ether oxygens (including phenoxy) is 2. The van der Waals surface area contributed by atoms with E-state index in [2.05, 4.69) is 6.58 Å². The fourth-order valence-corrected chi connectivity index (χ4v) is 0.842. The predicted octanol–water partition coefficient (Wildman–Crippen LogP) is 1.28. The molecular formula is C9H14O3. The zero-order chi connectivity index (χ0) is 9.35. The van der Waals surface area contributed by atoms with Crippen LogP contribution in [0.25, 0.3) is 0 Å². The molecule has 0 aromatic carbocycles. The second-order valence-corrected chi connectivity index (χ2v) is 3.59. The molecule has 0 N–H and O–H groups in total. The number of esters is 1. The van der Waals surface area contributed by atoms with Gasteiger partial charge in [-0.05, 0) is 20.8 Å². The van der Waals surface area contributed by atoms with Gasteiger partial charge in [0, 0.05) is 5.57 Å². The lowest BCUT2D eigenvalue weighted by Gasteiger charge is -2.01. The van der Waals surface area contributed by atoms with Gasteiger partial charge in [-0.1, -0.05) is 6.58 Å². The van der Waals surface area contributed by atoms with E-state index in [4.69, 9.17) is 9.47 Å². The van der Waals surface area contributed by atoms with Crippen molar-refractivity contribution in [3.63, 3.8) is 0 Å². The molecule has 1 heterocycles. The Labute approximate surface area is 72.4 Å². The Bertz CT molecular complexity index is 218. The van der Waals surface area contributed by atoms with Gasteiger partial charge in [0.25, 0.3) is 0 Å². The molecule has 0 radical (unpaired) electrons. The number of rotatable bonds is 3. The molecule has 68 valence electrons. The van der Waals surface area contributed by atoms with Crippen molar-refractivity contribution < 1.29 is 14.3 Å². The average molecular weight is 170 g/mol. The van der Waals surface area contributed by atoms with Crippen molar-refractivity contribution in [2.24, 2.45) is 0 Å². The van der Waals surface area contributed by atoms with E-state index in [1.807, 2.05) is 13.8 Å². The Balaban J connectivity index is 2.20. The summed E-state index contributed by atoms with van der Waals surface area (Å²) in [5, 5.41) is 0. The van der Waals surface area contributed by atoms with Crippen molar-refractivity contribution in [1.82, 2.24) is 0 Å². The molecule has 0 unspecified atom stereocenters. The van der Waals surface area contributed by atoms with Gasteiger partial charge in [0.05, 0.1) is 5.60 Å². The van der Waals surface area contributed by atoms with Crippen molar-refractivity contribution in [2.45, 2.75) is 32.5 Å². The second kappa shape index (κ2) is 2.90. The molecule has 1 rings (SSSR count). The molecule has 1 saturated heterocycles. The van der Waals surface area contributed by atoms with E-state index >= 15 is 0 Å². The van der Waals surface area contributed by atoms with Gasteiger partial charge in [0.1, 0.15) is 12.7 Å². The van der Waals surface area contributed by atoms with Crippen LogP contribution in [-0.4, -0.2) is 24.3 Å². The molecule has 3 nitrogen and oxygen atoms in total. The first kappa shape index (κ1) is 9.26. The molecule has 0 bridgehead atoms. The Kier molecular flexibility index (Phi) is 2.24. The highest BCUT2D eigenvalue weighted by Gasteiger charge is 2.48. The van der Waals surface area contributed by atoms with Crippen LogP contribution < -0.4 is 0 Å². The van der Waals surface area contributed by atoms with Crippen molar-refractivity contribution in [3.8, 4) is 0 Å². The zero-order valence-corrected chi connectivity index (χ0v) is 7.72. The highest BCUT2D eigenvalue weighted by Crippen LogP contribution is 2.35. The lowest BCUT2D eigenvalue weighted by Crippen LogP contribution is -2.14.